The minimum atomic E-state index is -0.583. The second-order valence-corrected chi connectivity index (χ2v) is 5.93. The van der Waals surface area contributed by atoms with E-state index < -0.39 is 11.7 Å². The van der Waals surface area contributed by atoms with E-state index in [1.54, 1.807) is 40.0 Å². The molecule has 2 heterocycles. The first-order valence-electron chi connectivity index (χ1n) is 6.81. The molecular weight excluding hydrogens is 270 g/mol. The second kappa shape index (κ2) is 5.70. The van der Waals surface area contributed by atoms with Gasteiger partial charge in [0.2, 0.25) is 5.69 Å². The smallest absolute Gasteiger partial charge is 0.435 e. The Hall–Kier alpha value is -2.13. The number of aromatic nitrogens is 1. The highest BCUT2D eigenvalue weighted by molar-refractivity contribution is 5.68. The Bertz CT molecular complexity index is 587. The van der Waals surface area contributed by atoms with Crippen molar-refractivity contribution in [3.63, 3.8) is 0 Å². The van der Waals surface area contributed by atoms with Crippen molar-refractivity contribution >= 4 is 11.8 Å². The number of pyridine rings is 1. The Morgan fingerprint density at radius 3 is 2.90 bits per heavy atom. The van der Waals surface area contributed by atoms with Crippen LogP contribution >= 0.6 is 0 Å². The summed E-state index contributed by atoms with van der Waals surface area (Å²) in [5, 5.41) is 1.24. The predicted octanol–water partition coefficient (Wildman–Crippen LogP) is 3.55. The van der Waals surface area contributed by atoms with Crippen molar-refractivity contribution in [2.45, 2.75) is 45.8 Å². The third-order valence-electron chi connectivity index (χ3n) is 3.06. The lowest BCUT2D eigenvalue weighted by Gasteiger charge is -2.27. The first kappa shape index (κ1) is 15.3. The van der Waals surface area contributed by atoms with E-state index >= 15 is 0 Å². The van der Waals surface area contributed by atoms with Crippen LogP contribution in [0.2, 0.25) is 0 Å². The quantitative estimate of drug-likeness (QED) is 0.742. The van der Waals surface area contributed by atoms with Crippen molar-refractivity contribution in [2.75, 3.05) is 6.61 Å². The van der Waals surface area contributed by atoms with Crippen LogP contribution in [0.15, 0.2) is 12.3 Å². The van der Waals surface area contributed by atoms with Gasteiger partial charge in [-0.3, -0.25) is 9.82 Å². The van der Waals surface area contributed by atoms with Crippen molar-refractivity contribution in [1.29, 1.82) is 0 Å². The van der Waals surface area contributed by atoms with Gasteiger partial charge in [-0.25, -0.2) is 9.64 Å². The van der Waals surface area contributed by atoms with E-state index in [1.165, 1.54) is 5.06 Å². The highest BCUT2D eigenvalue weighted by atomic mass is 16.7. The molecule has 112 valence electrons. The van der Waals surface area contributed by atoms with Crippen LogP contribution in [0.1, 0.15) is 44.5 Å². The highest BCUT2D eigenvalue weighted by Crippen LogP contribution is 2.33. The number of nitrogens with zero attached hydrogens (tertiary/aromatic N) is 3. The monoisotopic (exact) mass is 289 g/mol. The average Bonchev–Trinajstić information content (AvgIpc) is 2.86. The van der Waals surface area contributed by atoms with Crippen LogP contribution in [0.3, 0.4) is 0 Å². The summed E-state index contributed by atoms with van der Waals surface area (Å²) in [6, 6.07) is 1.49. The number of hydrogen-bond acceptors (Lipinski definition) is 4. The van der Waals surface area contributed by atoms with Crippen LogP contribution in [0.25, 0.3) is 4.85 Å². The average molecular weight is 289 g/mol. The second-order valence-electron chi connectivity index (χ2n) is 5.93. The molecule has 0 saturated carbocycles. The summed E-state index contributed by atoms with van der Waals surface area (Å²) < 4.78 is 5.33. The Morgan fingerprint density at radius 2 is 2.29 bits per heavy atom. The fourth-order valence-corrected chi connectivity index (χ4v) is 2.09. The normalized spacial score (nSPS) is 18.4. The van der Waals surface area contributed by atoms with Gasteiger partial charge >= 0.3 is 6.09 Å². The first-order valence-corrected chi connectivity index (χ1v) is 6.81. The lowest BCUT2D eigenvalue weighted by Crippen LogP contribution is -2.35. The molecule has 1 aliphatic rings. The van der Waals surface area contributed by atoms with Gasteiger partial charge < -0.3 is 4.74 Å². The van der Waals surface area contributed by atoms with Crippen LogP contribution in [0.5, 0.6) is 0 Å². The molecule has 0 aliphatic carbocycles. The lowest BCUT2D eigenvalue weighted by molar-refractivity contribution is -0.125. The minimum Gasteiger partial charge on any atom is -0.442 e. The topological polar surface area (TPSA) is 56.0 Å². The van der Waals surface area contributed by atoms with Crippen molar-refractivity contribution in [2.24, 2.45) is 0 Å². The zero-order valence-corrected chi connectivity index (χ0v) is 12.7. The molecule has 6 heteroatoms. The Kier molecular flexibility index (Phi) is 4.14. The number of carbonyl (C=O) groups is 1. The van der Waals surface area contributed by atoms with Crippen LogP contribution in [-0.2, 0) is 9.57 Å². The van der Waals surface area contributed by atoms with Gasteiger partial charge in [0.05, 0.1) is 19.2 Å². The molecule has 1 saturated heterocycles. The standard InChI is InChI=1S/C15H19N3O3/c1-10-12(16-5)8-11(9-17-10)13-6-7-20-18(13)14(19)21-15(2,3)4/h8-9,13H,6-7H2,1-4H3/t13-/m0/s1. The van der Waals surface area contributed by atoms with Gasteiger partial charge in [-0.2, -0.15) is 5.06 Å². The van der Waals surface area contributed by atoms with E-state index in [9.17, 15) is 4.79 Å². The zero-order chi connectivity index (χ0) is 15.6. The van der Waals surface area contributed by atoms with Crippen molar-refractivity contribution in [3.05, 3.63) is 34.9 Å². The number of ether oxygens (including phenoxy) is 1. The van der Waals surface area contributed by atoms with Gasteiger partial charge in [0.25, 0.3) is 0 Å². The molecule has 1 amide bonds. The summed E-state index contributed by atoms with van der Waals surface area (Å²) in [5.74, 6) is 0. The SMILES string of the molecule is [C-]#[N+]c1cc([C@@H]2CCON2C(=O)OC(C)(C)C)cnc1C. The number of amides is 1. The third-order valence-corrected chi connectivity index (χ3v) is 3.06. The summed E-state index contributed by atoms with van der Waals surface area (Å²) in [6.45, 7) is 14.8. The van der Waals surface area contributed by atoms with Crippen LogP contribution in [-0.4, -0.2) is 28.3 Å². The third kappa shape index (κ3) is 3.50. The molecular formula is C15H19N3O3. The number of hydrogen-bond donors (Lipinski definition) is 0. The molecule has 1 aliphatic heterocycles. The molecule has 1 aromatic rings. The van der Waals surface area contributed by atoms with Crippen molar-refractivity contribution < 1.29 is 14.4 Å². The Balaban J connectivity index is 2.23. The maximum atomic E-state index is 12.2. The summed E-state index contributed by atoms with van der Waals surface area (Å²) in [4.78, 5) is 25.2. The van der Waals surface area contributed by atoms with Gasteiger partial charge in [0.15, 0.2) is 0 Å². The van der Waals surface area contributed by atoms with Crippen LogP contribution in [0.4, 0.5) is 10.5 Å². The summed E-state index contributed by atoms with van der Waals surface area (Å²) >= 11 is 0. The molecule has 6 nitrogen and oxygen atoms in total. The van der Waals surface area contributed by atoms with E-state index in [0.29, 0.717) is 24.4 Å². The van der Waals surface area contributed by atoms with Crippen molar-refractivity contribution in [3.8, 4) is 0 Å². The molecule has 0 radical (unpaired) electrons. The fraction of sp³-hybridized carbons (Fsp3) is 0.533. The van der Waals surface area contributed by atoms with E-state index in [2.05, 4.69) is 9.83 Å². The van der Waals surface area contributed by atoms with Crippen LogP contribution < -0.4 is 0 Å². The summed E-state index contributed by atoms with van der Waals surface area (Å²) in [7, 11) is 0. The van der Waals surface area contributed by atoms with E-state index in [4.69, 9.17) is 16.1 Å². The number of carbonyl (C=O) groups excluding carboxylic acids is 1. The van der Waals surface area contributed by atoms with Gasteiger partial charge in [-0.15, -0.1) is 0 Å². The molecule has 2 rings (SSSR count). The zero-order valence-electron chi connectivity index (χ0n) is 12.7. The fourth-order valence-electron chi connectivity index (χ4n) is 2.09. The molecule has 0 aromatic carbocycles. The molecule has 0 unspecified atom stereocenters. The Morgan fingerprint density at radius 1 is 1.57 bits per heavy atom. The maximum Gasteiger partial charge on any atom is 0.435 e. The summed E-state index contributed by atoms with van der Waals surface area (Å²) in [5.41, 5.74) is 1.37. The Labute approximate surface area is 124 Å². The number of rotatable bonds is 1. The van der Waals surface area contributed by atoms with E-state index in [1.807, 2.05) is 0 Å². The highest BCUT2D eigenvalue weighted by Gasteiger charge is 2.35. The molecule has 1 aromatic heterocycles. The molecule has 0 bridgehead atoms. The van der Waals surface area contributed by atoms with Crippen LogP contribution in [0, 0.1) is 13.5 Å². The largest absolute Gasteiger partial charge is 0.442 e. The van der Waals surface area contributed by atoms with Gasteiger partial charge in [0, 0.05) is 18.3 Å². The lowest BCUT2D eigenvalue weighted by atomic mass is 10.1. The predicted molar refractivity (Wildman–Crippen MR) is 76.6 cm³/mol. The molecule has 0 N–H and O–H groups in total. The maximum absolute atomic E-state index is 12.2. The number of hydroxylamine groups is 2. The molecule has 1 fully saturated rings. The number of aryl methyl sites for hydroxylation is 1. The van der Waals surface area contributed by atoms with Crippen molar-refractivity contribution in [1.82, 2.24) is 10.0 Å². The van der Waals surface area contributed by atoms with Gasteiger partial charge in [-0.1, -0.05) is 0 Å². The molecule has 21 heavy (non-hydrogen) atoms. The van der Waals surface area contributed by atoms with E-state index in [0.717, 1.165) is 5.56 Å². The van der Waals surface area contributed by atoms with Gasteiger partial charge in [0.1, 0.15) is 5.60 Å². The van der Waals surface area contributed by atoms with Gasteiger partial charge in [-0.05, 0) is 39.3 Å². The minimum absolute atomic E-state index is 0.270. The molecule has 1 atom stereocenters. The van der Waals surface area contributed by atoms with E-state index in [-0.39, 0.29) is 6.04 Å². The summed E-state index contributed by atoms with van der Waals surface area (Å²) in [6.07, 6.45) is 1.82. The first-order chi connectivity index (χ1) is 9.81. The molecule has 0 spiro atoms.